The Balaban J connectivity index is 0.00000127. The topological polar surface area (TPSA) is 24.8 Å². The fraction of sp³-hybridized carbons (Fsp3) is 0.382. The van der Waals surface area contributed by atoms with Crippen LogP contribution < -0.4 is 4.74 Å². The smallest absolute Gasteiger partial charge is 0.140 e. The summed E-state index contributed by atoms with van der Waals surface area (Å²) in [5.41, 5.74) is 5.28. The highest BCUT2D eigenvalue weighted by molar-refractivity contribution is 6.30. The summed E-state index contributed by atoms with van der Waals surface area (Å²) >= 11 is 12.4. The van der Waals surface area contributed by atoms with Crippen LogP contribution in [0.4, 0.5) is 0 Å². The Kier molecular flexibility index (Phi) is 12.1. The van der Waals surface area contributed by atoms with Gasteiger partial charge in [0.05, 0.1) is 18.2 Å². The molecule has 4 rings (SSSR count). The summed E-state index contributed by atoms with van der Waals surface area (Å²) < 4.78 is 6.15. The molecule has 2 atom stereocenters. The fourth-order valence-corrected chi connectivity index (χ4v) is 4.76. The number of ether oxygens (including phenoxy) is 1. The molecule has 0 fully saturated rings. The molecule has 0 radical (unpaired) electrons. The zero-order valence-electron chi connectivity index (χ0n) is 25.0. The summed E-state index contributed by atoms with van der Waals surface area (Å²) in [6.07, 6.45) is 0. The third kappa shape index (κ3) is 7.68. The molecule has 3 nitrogen and oxygen atoms in total. The predicted molar refractivity (Wildman–Crippen MR) is 171 cm³/mol. The lowest BCUT2D eigenvalue weighted by Crippen LogP contribution is -2.30. The van der Waals surface area contributed by atoms with Crippen LogP contribution in [0.1, 0.15) is 96.7 Å². The number of benzene rings is 3. The van der Waals surface area contributed by atoms with Gasteiger partial charge in [-0.15, -0.1) is 0 Å². The van der Waals surface area contributed by atoms with Crippen molar-refractivity contribution < 1.29 is 4.74 Å². The second-order valence-corrected chi connectivity index (χ2v) is 10.8. The zero-order valence-corrected chi connectivity index (χ0v) is 26.5. The molecular formula is C34H44Cl2N2O. The van der Waals surface area contributed by atoms with Crippen LogP contribution in [0, 0.1) is 0 Å². The molecule has 5 heteroatoms. The molecule has 0 N–H and O–H groups in total. The van der Waals surface area contributed by atoms with Crippen molar-refractivity contribution in [2.24, 2.45) is 4.99 Å². The maximum absolute atomic E-state index is 6.23. The molecule has 3 aromatic carbocycles. The first kappa shape index (κ1) is 32.5. The minimum absolute atomic E-state index is 0.00753. The minimum atomic E-state index is -0.156. The van der Waals surface area contributed by atoms with E-state index in [1.807, 2.05) is 77.9 Å². The molecule has 1 aliphatic rings. The number of hydrogen-bond donors (Lipinski definition) is 0. The highest BCUT2D eigenvalue weighted by Crippen LogP contribution is 2.46. The minimum Gasteiger partial charge on any atom is -0.493 e. The summed E-state index contributed by atoms with van der Waals surface area (Å²) in [6, 6.07) is 22.1. The van der Waals surface area contributed by atoms with Crippen LogP contribution in [-0.4, -0.2) is 17.3 Å². The quantitative estimate of drug-likeness (QED) is 0.296. The first-order chi connectivity index (χ1) is 18.6. The first-order valence-corrected chi connectivity index (χ1v) is 14.7. The molecule has 0 saturated heterocycles. The average Bonchev–Trinajstić information content (AvgIpc) is 3.32. The van der Waals surface area contributed by atoms with Gasteiger partial charge in [0.25, 0.3) is 0 Å². The summed E-state index contributed by atoms with van der Waals surface area (Å²) in [7, 11) is 0. The molecule has 0 spiro atoms. The van der Waals surface area contributed by atoms with Crippen molar-refractivity contribution in [3.63, 3.8) is 0 Å². The molecule has 3 aromatic rings. The third-order valence-electron chi connectivity index (χ3n) is 6.29. The van der Waals surface area contributed by atoms with Crippen LogP contribution in [0.15, 0.2) is 84.0 Å². The largest absolute Gasteiger partial charge is 0.493 e. The number of amidine groups is 1. The van der Waals surface area contributed by atoms with E-state index < -0.39 is 0 Å². The van der Waals surface area contributed by atoms with Crippen molar-refractivity contribution >= 4 is 29.0 Å². The molecule has 0 aromatic heterocycles. The molecular weight excluding hydrogens is 523 g/mol. The van der Waals surface area contributed by atoms with Crippen LogP contribution in [-0.2, 0) is 5.41 Å². The van der Waals surface area contributed by atoms with E-state index >= 15 is 0 Å². The lowest BCUT2D eigenvalue weighted by molar-refractivity contribution is 0.336. The maximum atomic E-state index is 6.23. The Morgan fingerprint density at radius 1 is 0.872 bits per heavy atom. The van der Waals surface area contributed by atoms with E-state index in [0.29, 0.717) is 16.7 Å². The van der Waals surface area contributed by atoms with E-state index in [9.17, 15) is 0 Å². The van der Waals surface area contributed by atoms with Gasteiger partial charge in [-0.1, -0.05) is 109 Å². The predicted octanol–water partition coefficient (Wildman–Crippen LogP) is 10.8. The summed E-state index contributed by atoms with van der Waals surface area (Å²) in [4.78, 5) is 7.52. The molecule has 0 bridgehead atoms. The lowest BCUT2D eigenvalue weighted by Gasteiger charge is -2.32. The van der Waals surface area contributed by atoms with Gasteiger partial charge in [-0.3, -0.25) is 4.99 Å². The van der Waals surface area contributed by atoms with Gasteiger partial charge >= 0.3 is 0 Å². The van der Waals surface area contributed by atoms with E-state index in [2.05, 4.69) is 62.6 Å². The number of allylic oxidation sites excluding steroid dienone is 1. The Labute approximate surface area is 246 Å². The lowest BCUT2D eigenvalue weighted by atomic mass is 9.86. The van der Waals surface area contributed by atoms with E-state index in [4.69, 9.17) is 32.9 Å². The molecule has 210 valence electrons. The SMILES string of the molecule is C=C(C)N1C(c2ccc(C(C)(C)C)cc2OCC)=NC(c2ccc(Cl)cc2)C1c1ccc(Cl)cc1.CC.CC. The van der Waals surface area contributed by atoms with E-state index in [1.165, 1.54) is 5.56 Å². The summed E-state index contributed by atoms with van der Waals surface area (Å²) in [5, 5.41) is 1.40. The number of nitrogens with zero attached hydrogens (tertiary/aromatic N) is 2. The Morgan fingerprint density at radius 2 is 1.38 bits per heavy atom. The fourth-order valence-electron chi connectivity index (χ4n) is 4.51. The van der Waals surface area contributed by atoms with Crippen LogP contribution in [0.5, 0.6) is 5.75 Å². The molecule has 1 heterocycles. The molecule has 39 heavy (non-hydrogen) atoms. The van der Waals surface area contributed by atoms with Crippen molar-refractivity contribution in [1.29, 1.82) is 0 Å². The van der Waals surface area contributed by atoms with Gasteiger partial charge in [0.15, 0.2) is 0 Å². The highest BCUT2D eigenvalue weighted by atomic mass is 35.5. The normalized spacial score (nSPS) is 16.4. The van der Waals surface area contributed by atoms with Crippen molar-refractivity contribution in [2.75, 3.05) is 6.61 Å². The standard InChI is InChI=1S/C30H32Cl2N2O.2C2H6/c1-7-35-26-18-22(30(4,5)6)12-17-25(26)29-33-27(20-8-13-23(31)14-9-20)28(34(29)19(2)3)21-10-15-24(32)16-11-21;2*1-2/h8-18,27-28H,2,7H2,1,3-6H3;2*1-2H3. The maximum Gasteiger partial charge on any atom is 0.140 e. The summed E-state index contributed by atoms with van der Waals surface area (Å²) in [5.74, 6) is 1.68. The second-order valence-electron chi connectivity index (χ2n) is 9.94. The van der Waals surface area contributed by atoms with Crippen LogP contribution >= 0.6 is 23.2 Å². The number of rotatable bonds is 6. The average molecular weight is 568 g/mol. The van der Waals surface area contributed by atoms with Crippen LogP contribution in [0.25, 0.3) is 0 Å². The molecule has 0 saturated carbocycles. The van der Waals surface area contributed by atoms with Crippen molar-refractivity contribution in [3.8, 4) is 5.75 Å². The van der Waals surface area contributed by atoms with Gasteiger partial charge in [0.1, 0.15) is 17.6 Å². The van der Waals surface area contributed by atoms with Gasteiger partial charge in [0.2, 0.25) is 0 Å². The Bertz CT molecular complexity index is 1240. The monoisotopic (exact) mass is 566 g/mol. The van der Waals surface area contributed by atoms with Crippen molar-refractivity contribution in [2.45, 2.75) is 79.8 Å². The third-order valence-corrected chi connectivity index (χ3v) is 6.79. The highest BCUT2D eigenvalue weighted by Gasteiger charge is 2.40. The number of hydrogen-bond acceptors (Lipinski definition) is 3. The van der Waals surface area contributed by atoms with Crippen molar-refractivity contribution in [3.05, 3.63) is 111 Å². The molecule has 1 aliphatic heterocycles. The molecule has 0 aliphatic carbocycles. The van der Waals surface area contributed by atoms with Crippen molar-refractivity contribution in [1.82, 2.24) is 4.90 Å². The van der Waals surface area contributed by atoms with Crippen LogP contribution in [0.2, 0.25) is 10.0 Å². The van der Waals surface area contributed by atoms with Gasteiger partial charge in [-0.2, -0.15) is 0 Å². The number of aliphatic imine (C=N–C) groups is 1. The molecule has 0 amide bonds. The summed E-state index contributed by atoms with van der Waals surface area (Å²) in [6.45, 7) is 23.6. The second kappa shape index (κ2) is 14.6. The van der Waals surface area contributed by atoms with Gasteiger partial charge in [0, 0.05) is 15.7 Å². The first-order valence-electron chi connectivity index (χ1n) is 13.9. The van der Waals surface area contributed by atoms with E-state index in [-0.39, 0.29) is 17.5 Å². The number of halogens is 2. The Morgan fingerprint density at radius 3 is 1.85 bits per heavy atom. The van der Waals surface area contributed by atoms with Gasteiger partial charge < -0.3 is 9.64 Å². The van der Waals surface area contributed by atoms with Crippen LogP contribution in [0.3, 0.4) is 0 Å². The van der Waals surface area contributed by atoms with Gasteiger partial charge in [-0.25, -0.2) is 0 Å². The van der Waals surface area contributed by atoms with E-state index in [1.54, 1.807) is 0 Å². The molecule has 2 unspecified atom stereocenters. The van der Waals surface area contributed by atoms with E-state index in [0.717, 1.165) is 34.0 Å². The Hall–Kier alpha value is -2.75. The van der Waals surface area contributed by atoms with Gasteiger partial charge in [-0.05, 0) is 72.4 Å². The zero-order chi connectivity index (χ0) is 29.3.